The predicted octanol–water partition coefficient (Wildman–Crippen LogP) is 3.23. The maximum Gasteiger partial charge on any atom is 0.104 e. The first-order chi connectivity index (χ1) is 8.06. The number of aryl methyl sites for hydroxylation is 1. The molecular formula is C14H20N2S. The van der Waals surface area contributed by atoms with Crippen molar-refractivity contribution in [1.82, 2.24) is 0 Å². The Hall–Kier alpha value is -1.09. The van der Waals surface area contributed by atoms with Crippen LogP contribution in [-0.2, 0) is 0 Å². The number of rotatable bonds is 5. The van der Waals surface area contributed by atoms with Crippen LogP contribution in [0.2, 0.25) is 0 Å². The Morgan fingerprint density at radius 2 is 2.24 bits per heavy atom. The van der Waals surface area contributed by atoms with Crippen LogP contribution in [0.5, 0.6) is 0 Å². The van der Waals surface area contributed by atoms with Crippen LogP contribution < -0.4 is 11.1 Å². The standard InChI is InChI=1S/C14H20N2S/c1-9-7-12(5-6-13(9)14(15)17)16-10(2)8-11-3-4-11/h5-7,10-11,16H,3-4,8H2,1-2H3,(H2,15,17). The molecule has 3 N–H and O–H groups in total. The molecule has 92 valence electrons. The third-order valence-corrected chi connectivity index (χ3v) is 3.51. The van der Waals surface area contributed by atoms with E-state index in [-0.39, 0.29) is 0 Å². The maximum absolute atomic E-state index is 5.65. The van der Waals surface area contributed by atoms with Gasteiger partial charge in [-0.15, -0.1) is 0 Å². The number of nitrogens with two attached hydrogens (primary N) is 1. The van der Waals surface area contributed by atoms with E-state index in [2.05, 4.69) is 24.4 Å². The number of anilines is 1. The summed E-state index contributed by atoms with van der Waals surface area (Å²) in [6, 6.07) is 6.73. The van der Waals surface area contributed by atoms with E-state index >= 15 is 0 Å². The first kappa shape index (κ1) is 12.4. The zero-order chi connectivity index (χ0) is 12.4. The minimum absolute atomic E-state index is 0.472. The Labute approximate surface area is 109 Å². The Bertz CT molecular complexity index is 424. The van der Waals surface area contributed by atoms with Gasteiger partial charge in [0.1, 0.15) is 4.99 Å². The summed E-state index contributed by atoms with van der Waals surface area (Å²) < 4.78 is 0. The molecule has 3 heteroatoms. The van der Waals surface area contributed by atoms with Crippen molar-refractivity contribution in [3.05, 3.63) is 29.3 Å². The molecule has 17 heavy (non-hydrogen) atoms. The summed E-state index contributed by atoms with van der Waals surface area (Å²) >= 11 is 5.00. The Kier molecular flexibility index (Phi) is 3.67. The lowest BCUT2D eigenvalue weighted by atomic mass is 10.1. The van der Waals surface area contributed by atoms with Crippen molar-refractivity contribution in [2.45, 2.75) is 39.2 Å². The van der Waals surface area contributed by atoms with E-state index in [4.69, 9.17) is 18.0 Å². The molecule has 2 nitrogen and oxygen atoms in total. The molecule has 1 unspecified atom stereocenters. The van der Waals surface area contributed by atoms with E-state index in [9.17, 15) is 0 Å². The third kappa shape index (κ3) is 3.43. The fourth-order valence-electron chi connectivity index (χ4n) is 2.23. The van der Waals surface area contributed by atoms with Crippen LogP contribution in [0, 0.1) is 12.8 Å². The maximum atomic E-state index is 5.65. The van der Waals surface area contributed by atoms with Gasteiger partial charge in [0, 0.05) is 17.3 Å². The second-order valence-corrected chi connectivity index (χ2v) is 5.56. The van der Waals surface area contributed by atoms with Crippen LogP contribution in [0.3, 0.4) is 0 Å². The van der Waals surface area contributed by atoms with Gasteiger partial charge in [0.05, 0.1) is 0 Å². The molecule has 0 aromatic heterocycles. The van der Waals surface area contributed by atoms with Crippen molar-refractivity contribution >= 4 is 22.9 Å². The monoisotopic (exact) mass is 248 g/mol. The normalized spacial score (nSPS) is 16.6. The molecule has 2 rings (SSSR count). The van der Waals surface area contributed by atoms with Crippen molar-refractivity contribution in [3.63, 3.8) is 0 Å². The number of hydrogen-bond donors (Lipinski definition) is 2. The summed E-state index contributed by atoms with van der Waals surface area (Å²) in [6.07, 6.45) is 4.09. The molecule has 1 aliphatic rings. The number of nitrogens with one attached hydrogen (secondary N) is 1. The molecule has 1 aliphatic carbocycles. The topological polar surface area (TPSA) is 38.0 Å². The van der Waals surface area contributed by atoms with E-state index in [0.717, 1.165) is 22.7 Å². The Balaban J connectivity index is 2.00. The van der Waals surface area contributed by atoms with Crippen LogP contribution in [0.1, 0.15) is 37.3 Å². The largest absolute Gasteiger partial charge is 0.389 e. The minimum atomic E-state index is 0.472. The molecule has 0 saturated heterocycles. The quantitative estimate of drug-likeness (QED) is 0.786. The summed E-state index contributed by atoms with van der Waals surface area (Å²) in [5, 5.41) is 3.54. The van der Waals surface area contributed by atoms with Crippen LogP contribution in [0.25, 0.3) is 0 Å². The number of hydrogen-bond acceptors (Lipinski definition) is 2. The summed E-state index contributed by atoms with van der Waals surface area (Å²) in [4.78, 5) is 0.472. The lowest BCUT2D eigenvalue weighted by Gasteiger charge is -2.16. The van der Waals surface area contributed by atoms with E-state index in [1.807, 2.05) is 13.0 Å². The van der Waals surface area contributed by atoms with Gasteiger partial charge in [-0.1, -0.05) is 25.1 Å². The lowest BCUT2D eigenvalue weighted by molar-refractivity contribution is 0.642. The molecule has 1 aromatic rings. The highest BCUT2D eigenvalue weighted by Crippen LogP contribution is 2.34. The van der Waals surface area contributed by atoms with Crippen LogP contribution in [-0.4, -0.2) is 11.0 Å². The second kappa shape index (κ2) is 5.05. The summed E-state index contributed by atoms with van der Waals surface area (Å²) in [7, 11) is 0. The highest BCUT2D eigenvalue weighted by atomic mass is 32.1. The summed E-state index contributed by atoms with van der Waals surface area (Å²) in [6.45, 7) is 4.29. The molecule has 0 spiro atoms. The molecular weight excluding hydrogens is 228 g/mol. The average Bonchev–Trinajstić information content (AvgIpc) is 3.00. The lowest BCUT2D eigenvalue weighted by Crippen LogP contribution is -2.16. The fraction of sp³-hybridized carbons (Fsp3) is 0.500. The number of benzene rings is 1. The minimum Gasteiger partial charge on any atom is -0.389 e. The first-order valence-corrected chi connectivity index (χ1v) is 6.64. The van der Waals surface area contributed by atoms with Gasteiger partial charge in [0.15, 0.2) is 0 Å². The second-order valence-electron chi connectivity index (χ2n) is 5.12. The zero-order valence-electron chi connectivity index (χ0n) is 10.5. The van der Waals surface area contributed by atoms with Crippen LogP contribution in [0.4, 0.5) is 5.69 Å². The molecule has 1 atom stereocenters. The first-order valence-electron chi connectivity index (χ1n) is 6.23. The Morgan fingerprint density at radius 3 is 2.76 bits per heavy atom. The highest BCUT2D eigenvalue weighted by molar-refractivity contribution is 7.80. The van der Waals surface area contributed by atoms with Crippen molar-refractivity contribution in [2.75, 3.05) is 5.32 Å². The molecule has 0 amide bonds. The molecule has 0 bridgehead atoms. The van der Waals surface area contributed by atoms with E-state index < -0.39 is 0 Å². The van der Waals surface area contributed by atoms with E-state index in [0.29, 0.717) is 11.0 Å². The summed E-state index contributed by atoms with van der Waals surface area (Å²) in [5.74, 6) is 0.953. The smallest absolute Gasteiger partial charge is 0.104 e. The molecule has 1 fully saturated rings. The van der Waals surface area contributed by atoms with Crippen molar-refractivity contribution in [1.29, 1.82) is 0 Å². The molecule has 1 aromatic carbocycles. The molecule has 0 heterocycles. The van der Waals surface area contributed by atoms with Crippen LogP contribution in [0.15, 0.2) is 18.2 Å². The van der Waals surface area contributed by atoms with Gasteiger partial charge >= 0.3 is 0 Å². The SMILES string of the molecule is Cc1cc(NC(C)CC2CC2)ccc1C(N)=S. The highest BCUT2D eigenvalue weighted by Gasteiger charge is 2.23. The van der Waals surface area contributed by atoms with E-state index in [1.165, 1.54) is 19.3 Å². The third-order valence-electron chi connectivity index (χ3n) is 3.29. The predicted molar refractivity (Wildman–Crippen MR) is 77.5 cm³/mol. The van der Waals surface area contributed by atoms with Gasteiger partial charge in [-0.3, -0.25) is 0 Å². The van der Waals surface area contributed by atoms with Gasteiger partial charge < -0.3 is 11.1 Å². The van der Waals surface area contributed by atoms with Gasteiger partial charge in [0.25, 0.3) is 0 Å². The van der Waals surface area contributed by atoms with Crippen molar-refractivity contribution in [2.24, 2.45) is 11.7 Å². The van der Waals surface area contributed by atoms with Gasteiger partial charge in [-0.2, -0.15) is 0 Å². The molecule has 1 saturated carbocycles. The van der Waals surface area contributed by atoms with Gasteiger partial charge in [0.2, 0.25) is 0 Å². The fourth-order valence-corrected chi connectivity index (χ4v) is 2.46. The molecule has 0 aliphatic heterocycles. The van der Waals surface area contributed by atoms with Gasteiger partial charge in [-0.05, 0) is 49.9 Å². The van der Waals surface area contributed by atoms with Crippen molar-refractivity contribution < 1.29 is 0 Å². The van der Waals surface area contributed by atoms with Crippen LogP contribution >= 0.6 is 12.2 Å². The summed E-state index contributed by atoms with van der Waals surface area (Å²) in [5.41, 5.74) is 8.93. The Morgan fingerprint density at radius 1 is 1.53 bits per heavy atom. The van der Waals surface area contributed by atoms with Crippen molar-refractivity contribution in [3.8, 4) is 0 Å². The number of thiocarbonyl (C=S) groups is 1. The molecule has 0 radical (unpaired) electrons. The zero-order valence-corrected chi connectivity index (χ0v) is 11.3. The van der Waals surface area contributed by atoms with Gasteiger partial charge in [-0.25, -0.2) is 0 Å². The average molecular weight is 248 g/mol. The van der Waals surface area contributed by atoms with E-state index in [1.54, 1.807) is 0 Å².